The maximum atomic E-state index is 10.4. The molecule has 0 aliphatic heterocycles. The third-order valence-corrected chi connectivity index (χ3v) is 1.45. The highest BCUT2D eigenvalue weighted by atomic mass is 16.3. The molecule has 0 saturated carbocycles. The Morgan fingerprint density at radius 2 is 2.12 bits per heavy atom. The minimum atomic E-state index is -1.10. The van der Waals surface area contributed by atoms with Crippen LogP contribution in [0.2, 0.25) is 0 Å². The van der Waals surface area contributed by atoms with Crippen LogP contribution in [0.3, 0.4) is 0 Å². The molecule has 0 aliphatic rings. The van der Waals surface area contributed by atoms with E-state index < -0.39 is 5.60 Å². The summed E-state index contributed by atoms with van der Waals surface area (Å²) in [7, 11) is 0. The van der Waals surface area contributed by atoms with Gasteiger partial charge in [-0.15, -0.1) is 0 Å². The fraction of sp³-hybridized carbons (Fsp3) is 0.833. The van der Waals surface area contributed by atoms with Crippen LogP contribution < -0.4 is 0 Å². The summed E-state index contributed by atoms with van der Waals surface area (Å²) < 4.78 is 0. The van der Waals surface area contributed by atoms with Crippen LogP contribution in [0.25, 0.3) is 0 Å². The van der Waals surface area contributed by atoms with Gasteiger partial charge in [-0.25, -0.2) is 0 Å². The second-order valence-electron chi connectivity index (χ2n) is 2.18. The predicted molar refractivity (Wildman–Crippen MR) is 31.6 cm³/mol. The zero-order chi connectivity index (χ0) is 6.78. The molecule has 0 aromatic carbocycles. The molecule has 48 valence electrons. The number of carbonyl (C=O) groups is 1. The molecule has 1 atom stereocenters. The van der Waals surface area contributed by atoms with E-state index in [0.29, 0.717) is 6.42 Å². The Kier molecular flexibility index (Phi) is 2.16. The summed E-state index contributed by atoms with van der Waals surface area (Å²) in [6, 6.07) is 0. The smallest absolute Gasteiger partial charge is 0.160 e. The topological polar surface area (TPSA) is 37.3 Å². The van der Waals surface area contributed by atoms with Crippen LogP contribution in [0.5, 0.6) is 0 Å². The van der Waals surface area contributed by atoms with Crippen molar-refractivity contribution in [2.75, 3.05) is 0 Å². The first-order chi connectivity index (χ1) is 3.50. The van der Waals surface area contributed by atoms with Crippen molar-refractivity contribution in [3.8, 4) is 0 Å². The minimum Gasteiger partial charge on any atom is -0.382 e. The second kappa shape index (κ2) is 2.27. The zero-order valence-electron chi connectivity index (χ0n) is 5.56. The molecule has 0 spiro atoms. The molecular formula is C6H12O2. The third-order valence-electron chi connectivity index (χ3n) is 1.45. The van der Waals surface area contributed by atoms with E-state index in [1.165, 1.54) is 13.8 Å². The standard InChI is InChI=1S/C6H12O2/c1-4-6(3,8)5(2)7/h8H,4H2,1-3H3. The van der Waals surface area contributed by atoms with Crippen LogP contribution >= 0.6 is 0 Å². The number of carbonyl (C=O) groups excluding carboxylic acids is 1. The molecule has 0 rings (SSSR count). The average molecular weight is 116 g/mol. The molecule has 0 aromatic rings. The number of aliphatic hydroxyl groups is 1. The highest BCUT2D eigenvalue weighted by Gasteiger charge is 2.22. The molecule has 2 nitrogen and oxygen atoms in total. The van der Waals surface area contributed by atoms with Gasteiger partial charge in [0.15, 0.2) is 5.78 Å². The van der Waals surface area contributed by atoms with E-state index in [2.05, 4.69) is 0 Å². The lowest BCUT2D eigenvalue weighted by Crippen LogP contribution is -2.31. The van der Waals surface area contributed by atoms with Gasteiger partial charge in [0.25, 0.3) is 0 Å². The first kappa shape index (κ1) is 7.63. The highest BCUT2D eigenvalue weighted by Crippen LogP contribution is 2.07. The Balaban J connectivity index is 3.91. The molecule has 0 radical (unpaired) electrons. The Bertz CT molecular complexity index is 94.7. The number of Topliss-reactive ketones (excluding diaryl/α,β-unsaturated/α-hetero) is 1. The zero-order valence-corrected chi connectivity index (χ0v) is 5.56. The fourth-order valence-electron chi connectivity index (χ4n) is 0.249. The Labute approximate surface area is 49.5 Å². The van der Waals surface area contributed by atoms with E-state index in [1.54, 1.807) is 6.92 Å². The van der Waals surface area contributed by atoms with Crippen molar-refractivity contribution in [2.45, 2.75) is 32.8 Å². The SMILES string of the molecule is CCC(C)(O)C(C)=O. The van der Waals surface area contributed by atoms with Crippen LogP contribution in [-0.2, 0) is 4.79 Å². The largest absolute Gasteiger partial charge is 0.382 e. The van der Waals surface area contributed by atoms with Crippen molar-refractivity contribution in [1.82, 2.24) is 0 Å². The summed E-state index contributed by atoms with van der Waals surface area (Å²) in [5, 5.41) is 9.05. The van der Waals surface area contributed by atoms with Gasteiger partial charge in [0, 0.05) is 0 Å². The van der Waals surface area contributed by atoms with Gasteiger partial charge in [-0.2, -0.15) is 0 Å². The van der Waals surface area contributed by atoms with Crippen molar-refractivity contribution in [2.24, 2.45) is 0 Å². The van der Waals surface area contributed by atoms with Crippen molar-refractivity contribution < 1.29 is 9.90 Å². The van der Waals surface area contributed by atoms with E-state index in [4.69, 9.17) is 5.11 Å². The summed E-state index contributed by atoms with van der Waals surface area (Å²) in [6.07, 6.45) is 0.488. The Morgan fingerprint density at radius 3 is 2.12 bits per heavy atom. The number of rotatable bonds is 2. The molecule has 0 bridgehead atoms. The molecule has 0 fully saturated rings. The number of hydrogen-bond acceptors (Lipinski definition) is 2. The van der Waals surface area contributed by atoms with Crippen LogP contribution in [0.15, 0.2) is 0 Å². The van der Waals surface area contributed by atoms with E-state index >= 15 is 0 Å². The summed E-state index contributed by atoms with van der Waals surface area (Å²) in [6.45, 7) is 4.69. The maximum Gasteiger partial charge on any atom is 0.160 e. The van der Waals surface area contributed by atoms with E-state index in [0.717, 1.165) is 0 Å². The summed E-state index contributed by atoms with van der Waals surface area (Å²) in [5.41, 5.74) is -1.10. The van der Waals surface area contributed by atoms with Crippen molar-refractivity contribution in [1.29, 1.82) is 0 Å². The number of hydrogen-bond donors (Lipinski definition) is 1. The van der Waals surface area contributed by atoms with Crippen molar-refractivity contribution >= 4 is 5.78 Å². The van der Waals surface area contributed by atoms with Gasteiger partial charge in [0.1, 0.15) is 5.60 Å². The van der Waals surface area contributed by atoms with Crippen LogP contribution in [-0.4, -0.2) is 16.5 Å². The van der Waals surface area contributed by atoms with Crippen LogP contribution in [0.4, 0.5) is 0 Å². The first-order valence-electron chi connectivity index (χ1n) is 2.74. The lowest BCUT2D eigenvalue weighted by atomic mass is 10.00. The molecule has 0 saturated heterocycles. The van der Waals surface area contributed by atoms with Gasteiger partial charge in [0.05, 0.1) is 0 Å². The van der Waals surface area contributed by atoms with Gasteiger partial charge in [-0.1, -0.05) is 6.92 Å². The van der Waals surface area contributed by atoms with E-state index in [9.17, 15) is 4.79 Å². The first-order valence-corrected chi connectivity index (χ1v) is 2.74. The van der Waals surface area contributed by atoms with Gasteiger partial charge < -0.3 is 5.11 Å². The average Bonchev–Trinajstić information content (AvgIpc) is 1.67. The Morgan fingerprint density at radius 1 is 1.75 bits per heavy atom. The van der Waals surface area contributed by atoms with Crippen molar-refractivity contribution in [3.05, 3.63) is 0 Å². The van der Waals surface area contributed by atoms with E-state index in [1.807, 2.05) is 0 Å². The summed E-state index contributed by atoms with van der Waals surface area (Å²) >= 11 is 0. The lowest BCUT2D eigenvalue weighted by Gasteiger charge is -2.15. The predicted octanol–water partition coefficient (Wildman–Crippen LogP) is 0.736. The molecule has 2 heteroatoms. The second-order valence-corrected chi connectivity index (χ2v) is 2.18. The quantitative estimate of drug-likeness (QED) is 0.577. The highest BCUT2D eigenvalue weighted by molar-refractivity contribution is 5.83. The fourth-order valence-corrected chi connectivity index (χ4v) is 0.249. The van der Waals surface area contributed by atoms with Crippen LogP contribution in [0.1, 0.15) is 27.2 Å². The van der Waals surface area contributed by atoms with Gasteiger partial charge in [-0.3, -0.25) is 4.79 Å². The Hall–Kier alpha value is -0.370. The monoisotopic (exact) mass is 116 g/mol. The van der Waals surface area contributed by atoms with Crippen LogP contribution in [0, 0.1) is 0 Å². The molecule has 0 heterocycles. The minimum absolute atomic E-state index is 0.167. The summed E-state index contributed by atoms with van der Waals surface area (Å²) in [5.74, 6) is -0.167. The maximum absolute atomic E-state index is 10.4. The van der Waals surface area contributed by atoms with E-state index in [-0.39, 0.29) is 5.78 Å². The molecule has 1 unspecified atom stereocenters. The molecule has 0 aromatic heterocycles. The number of ketones is 1. The molecular weight excluding hydrogens is 104 g/mol. The van der Waals surface area contributed by atoms with Gasteiger partial charge in [0.2, 0.25) is 0 Å². The third kappa shape index (κ3) is 1.62. The normalized spacial score (nSPS) is 17.5. The van der Waals surface area contributed by atoms with Crippen molar-refractivity contribution in [3.63, 3.8) is 0 Å². The van der Waals surface area contributed by atoms with Gasteiger partial charge >= 0.3 is 0 Å². The van der Waals surface area contributed by atoms with Gasteiger partial charge in [-0.05, 0) is 20.3 Å². The molecule has 1 N–H and O–H groups in total. The molecule has 0 aliphatic carbocycles. The molecule has 0 amide bonds. The molecule has 8 heavy (non-hydrogen) atoms. The summed E-state index contributed by atoms with van der Waals surface area (Å²) in [4.78, 5) is 10.4. The lowest BCUT2D eigenvalue weighted by molar-refractivity contribution is -0.133.